The molecule has 10 heavy (non-hydrogen) atoms. The smallest absolute Gasteiger partial charge is 0.0975 e. The van der Waals surface area contributed by atoms with Gasteiger partial charge in [0.05, 0.1) is 5.84 Å². The Bertz CT molecular complexity index is 114. The third-order valence-electron chi connectivity index (χ3n) is 1.30. The standard InChI is InChI=1S/C6H11ClN2.ClH/c7-3-2-6-8-4-1-5-9-6;/h1-5H2,(H,8,9);1H. The Kier molecular flexibility index (Phi) is 5.84. The van der Waals surface area contributed by atoms with Gasteiger partial charge in [-0.15, -0.1) is 24.0 Å². The summed E-state index contributed by atoms with van der Waals surface area (Å²) in [5.74, 6) is 1.75. The molecule has 1 rings (SSSR count). The Morgan fingerprint density at radius 3 is 2.90 bits per heavy atom. The lowest BCUT2D eigenvalue weighted by Gasteiger charge is -2.12. The van der Waals surface area contributed by atoms with Gasteiger partial charge >= 0.3 is 0 Å². The lowest BCUT2D eigenvalue weighted by Crippen LogP contribution is -2.29. The molecule has 0 radical (unpaired) electrons. The zero-order valence-electron chi connectivity index (χ0n) is 5.77. The number of nitrogens with one attached hydrogen (secondary N) is 1. The van der Waals surface area contributed by atoms with Gasteiger partial charge in [-0.3, -0.25) is 4.99 Å². The molecule has 0 saturated heterocycles. The van der Waals surface area contributed by atoms with Crippen molar-refractivity contribution in [3.05, 3.63) is 0 Å². The van der Waals surface area contributed by atoms with Crippen LogP contribution >= 0.6 is 24.0 Å². The molecule has 0 aromatic rings. The van der Waals surface area contributed by atoms with E-state index in [1.807, 2.05) is 0 Å². The number of hydrogen-bond donors (Lipinski definition) is 1. The van der Waals surface area contributed by atoms with Crippen molar-refractivity contribution in [2.45, 2.75) is 12.8 Å². The molecule has 0 aliphatic carbocycles. The molecule has 1 aliphatic rings. The minimum Gasteiger partial charge on any atom is -0.374 e. The van der Waals surface area contributed by atoms with Crippen LogP contribution in [0.2, 0.25) is 0 Å². The van der Waals surface area contributed by atoms with Crippen molar-refractivity contribution in [3.63, 3.8) is 0 Å². The van der Waals surface area contributed by atoms with Crippen molar-refractivity contribution >= 4 is 29.8 Å². The van der Waals surface area contributed by atoms with Crippen molar-refractivity contribution in [2.24, 2.45) is 4.99 Å². The zero-order valence-corrected chi connectivity index (χ0v) is 7.34. The molecule has 0 spiro atoms. The first-order valence-corrected chi connectivity index (χ1v) is 3.80. The largest absolute Gasteiger partial charge is 0.374 e. The molecule has 0 amide bonds. The maximum Gasteiger partial charge on any atom is 0.0975 e. The van der Waals surface area contributed by atoms with E-state index in [1.54, 1.807) is 0 Å². The van der Waals surface area contributed by atoms with Crippen LogP contribution in [0.3, 0.4) is 0 Å². The second-order valence-corrected chi connectivity index (χ2v) is 2.43. The summed E-state index contributed by atoms with van der Waals surface area (Å²) in [6.07, 6.45) is 2.05. The molecule has 0 saturated carbocycles. The van der Waals surface area contributed by atoms with Gasteiger partial charge in [0.2, 0.25) is 0 Å². The van der Waals surface area contributed by atoms with Gasteiger partial charge in [-0.2, -0.15) is 0 Å². The highest BCUT2D eigenvalue weighted by atomic mass is 35.5. The summed E-state index contributed by atoms with van der Waals surface area (Å²) < 4.78 is 0. The SMILES string of the molecule is Cl.ClCCC1=NCCCN1. The summed E-state index contributed by atoms with van der Waals surface area (Å²) >= 11 is 5.51. The molecule has 0 aromatic carbocycles. The van der Waals surface area contributed by atoms with Crippen LogP contribution in [0.15, 0.2) is 4.99 Å². The van der Waals surface area contributed by atoms with Crippen molar-refractivity contribution in [1.82, 2.24) is 5.32 Å². The highest BCUT2D eigenvalue weighted by Crippen LogP contribution is 1.94. The van der Waals surface area contributed by atoms with E-state index in [9.17, 15) is 0 Å². The van der Waals surface area contributed by atoms with Gasteiger partial charge in [0.15, 0.2) is 0 Å². The van der Waals surface area contributed by atoms with E-state index in [4.69, 9.17) is 11.6 Å². The molecular weight excluding hydrogens is 171 g/mol. The van der Waals surface area contributed by atoms with Gasteiger partial charge in [0.25, 0.3) is 0 Å². The van der Waals surface area contributed by atoms with Crippen molar-refractivity contribution < 1.29 is 0 Å². The number of amidine groups is 1. The quantitative estimate of drug-likeness (QED) is 0.643. The summed E-state index contributed by atoms with van der Waals surface area (Å²) in [6.45, 7) is 2.04. The van der Waals surface area contributed by atoms with E-state index in [2.05, 4.69) is 10.3 Å². The average Bonchev–Trinajstić information content (AvgIpc) is 1.91. The predicted molar refractivity (Wildman–Crippen MR) is 47.5 cm³/mol. The maximum atomic E-state index is 5.51. The Morgan fingerprint density at radius 1 is 1.60 bits per heavy atom. The fraction of sp³-hybridized carbons (Fsp3) is 0.833. The Labute approximate surface area is 72.5 Å². The molecule has 0 atom stereocenters. The molecule has 0 fully saturated rings. The second kappa shape index (κ2) is 5.81. The summed E-state index contributed by atoms with van der Waals surface area (Å²) in [5, 5.41) is 3.19. The molecular formula is C6H12Cl2N2. The molecule has 0 unspecified atom stereocenters. The first-order chi connectivity index (χ1) is 4.43. The lowest BCUT2D eigenvalue weighted by molar-refractivity contribution is 0.729. The molecule has 0 bridgehead atoms. The van der Waals surface area contributed by atoms with E-state index in [0.717, 1.165) is 31.8 Å². The number of alkyl halides is 1. The molecule has 1 aliphatic heterocycles. The van der Waals surface area contributed by atoms with Crippen LogP contribution < -0.4 is 5.32 Å². The molecule has 2 nitrogen and oxygen atoms in total. The maximum absolute atomic E-state index is 5.51. The van der Waals surface area contributed by atoms with Gasteiger partial charge < -0.3 is 5.32 Å². The highest BCUT2D eigenvalue weighted by Gasteiger charge is 2.00. The van der Waals surface area contributed by atoms with Gasteiger partial charge in [-0.1, -0.05) is 0 Å². The fourth-order valence-corrected chi connectivity index (χ4v) is 1.02. The van der Waals surface area contributed by atoms with Crippen LogP contribution in [-0.4, -0.2) is 24.8 Å². The molecule has 4 heteroatoms. The summed E-state index contributed by atoms with van der Waals surface area (Å²) in [7, 11) is 0. The molecule has 1 N–H and O–H groups in total. The van der Waals surface area contributed by atoms with E-state index in [0.29, 0.717) is 5.88 Å². The number of rotatable bonds is 2. The Balaban J connectivity index is 0.000000810. The monoisotopic (exact) mass is 182 g/mol. The predicted octanol–water partition coefficient (Wildman–Crippen LogP) is 1.43. The van der Waals surface area contributed by atoms with Gasteiger partial charge in [0.1, 0.15) is 0 Å². The lowest BCUT2D eigenvalue weighted by atomic mass is 10.3. The topological polar surface area (TPSA) is 24.4 Å². The van der Waals surface area contributed by atoms with Gasteiger partial charge in [-0.05, 0) is 6.42 Å². The minimum absolute atomic E-state index is 0. The van der Waals surface area contributed by atoms with Crippen molar-refractivity contribution in [1.29, 1.82) is 0 Å². The fourth-order valence-electron chi connectivity index (χ4n) is 0.839. The second-order valence-electron chi connectivity index (χ2n) is 2.05. The third-order valence-corrected chi connectivity index (χ3v) is 1.49. The van der Waals surface area contributed by atoms with E-state index in [-0.39, 0.29) is 12.4 Å². The van der Waals surface area contributed by atoms with Crippen LogP contribution in [-0.2, 0) is 0 Å². The van der Waals surface area contributed by atoms with Crippen molar-refractivity contribution in [3.8, 4) is 0 Å². The minimum atomic E-state index is 0. The number of nitrogens with zero attached hydrogens (tertiary/aromatic N) is 1. The van der Waals surface area contributed by atoms with Crippen LogP contribution in [0.1, 0.15) is 12.8 Å². The number of halogens is 2. The van der Waals surface area contributed by atoms with Crippen LogP contribution in [0, 0.1) is 0 Å². The van der Waals surface area contributed by atoms with Gasteiger partial charge in [0, 0.05) is 25.4 Å². The van der Waals surface area contributed by atoms with Crippen LogP contribution in [0.5, 0.6) is 0 Å². The van der Waals surface area contributed by atoms with Gasteiger partial charge in [-0.25, -0.2) is 0 Å². The third kappa shape index (κ3) is 3.28. The first kappa shape index (κ1) is 10.0. The average molecular weight is 183 g/mol. The molecule has 1 heterocycles. The Hall–Kier alpha value is 0.0500. The van der Waals surface area contributed by atoms with Crippen LogP contribution in [0.25, 0.3) is 0 Å². The molecule has 0 aromatic heterocycles. The van der Waals surface area contributed by atoms with E-state index < -0.39 is 0 Å². The summed E-state index contributed by atoms with van der Waals surface area (Å²) in [5.41, 5.74) is 0. The number of aliphatic imine (C=N–C) groups is 1. The van der Waals surface area contributed by atoms with Crippen molar-refractivity contribution in [2.75, 3.05) is 19.0 Å². The molecule has 60 valence electrons. The van der Waals surface area contributed by atoms with E-state index >= 15 is 0 Å². The zero-order chi connectivity index (χ0) is 6.53. The summed E-state index contributed by atoms with van der Waals surface area (Å²) in [6, 6.07) is 0. The van der Waals surface area contributed by atoms with Crippen LogP contribution in [0.4, 0.5) is 0 Å². The summed E-state index contributed by atoms with van der Waals surface area (Å²) in [4.78, 5) is 4.24. The van der Waals surface area contributed by atoms with E-state index in [1.165, 1.54) is 0 Å². The highest BCUT2D eigenvalue weighted by molar-refractivity contribution is 6.19. The first-order valence-electron chi connectivity index (χ1n) is 3.26. The Morgan fingerprint density at radius 2 is 2.40 bits per heavy atom. The normalized spacial score (nSPS) is 16.7. The number of hydrogen-bond acceptors (Lipinski definition) is 2.